The summed E-state index contributed by atoms with van der Waals surface area (Å²) in [5.41, 5.74) is 1.85. The summed E-state index contributed by atoms with van der Waals surface area (Å²) < 4.78 is 0.843. The number of hydrogen-bond acceptors (Lipinski definition) is 3. The molecule has 0 saturated heterocycles. The van der Waals surface area contributed by atoms with Gasteiger partial charge in [0.25, 0.3) is 11.8 Å². The molecule has 0 atom stereocenters. The highest BCUT2D eigenvalue weighted by Gasteiger charge is 2.13. The van der Waals surface area contributed by atoms with Crippen LogP contribution in [0.2, 0.25) is 8.67 Å². The van der Waals surface area contributed by atoms with Gasteiger partial charge in [-0.3, -0.25) is 9.59 Å². The Balaban J connectivity index is 1.96. The van der Waals surface area contributed by atoms with Crippen LogP contribution in [0.25, 0.3) is 0 Å². The zero-order valence-corrected chi connectivity index (χ0v) is 14.1. The lowest BCUT2D eigenvalue weighted by molar-refractivity contribution is 0.0944. The smallest absolute Gasteiger partial charge is 0.253 e. The molecule has 1 aromatic carbocycles. The molecule has 2 rings (SSSR count). The van der Waals surface area contributed by atoms with Crippen LogP contribution in [-0.4, -0.2) is 18.4 Å². The van der Waals surface area contributed by atoms with E-state index >= 15 is 0 Å². The molecule has 0 aliphatic rings. The minimum atomic E-state index is -0.277. The molecule has 4 nitrogen and oxygen atoms in total. The molecular formula is C15H14Cl2N2O2S. The molecule has 1 aromatic heterocycles. The van der Waals surface area contributed by atoms with Crippen LogP contribution in [0.5, 0.6) is 0 Å². The van der Waals surface area contributed by atoms with Crippen molar-refractivity contribution in [2.45, 2.75) is 13.5 Å². The average Bonchev–Trinajstić information content (AvgIpc) is 2.84. The number of nitrogens with one attached hydrogen (secondary N) is 2. The van der Waals surface area contributed by atoms with Crippen molar-refractivity contribution < 1.29 is 9.59 Å². The molecule has 2 amide bonds. The Kier molecular flexibility index (Phi) is 5.83. The van der Waals surface area contributed by atoms with Crippen molar-refractivity contribution in [2.75, 3.05) is 6.54 Å². The molecule has 0 fully saturated rings. The lowest BCUT2D eigenvalue weighted by Crippen LogP contribution is -2.23. The molecule has 0 unspecified atom stereocenters. The van der Waals surface area contributed by atoms with Crippen LogP contribution in [0, 0.1) is 0 Å². The van der Waals surface area contributed by atoms with Crippen LogP contribution in [0.4, 0.5) is 0 Å². The number of halogens is 2. The second-order valence-corrected chi connectivity index (χ2v) is 6.76. The van der Waals surface area contributed by atoms with Crippen molar-refractivity contribution in [2.24, 2.45) is 0 Å². The molecule has 0 aliphatic heterocycles. The van der Waals surface area contributed by atoms with E-state index in [1.807, 2.05) is 6.92 Å². The minimum Gasteiger partial charge on any atom is -0.352 e. The highest BCUT2D eigenvalue weighted by atomic mass is 35.5. The quantitative estimate of drug-likeness (QED) is 0.857. The minimum absolute atomic E-state index is 0.113. The van der Waals surface area contributed by atoms with E-state index < -0.39 is 0 Å². The largest absolute Gasteiger partial charge is 0.352 e. The molecule has 116 valence electrons. The summed E-state index contributed by atoms with van der Waals surface area (Å²) in [6.45, 7) is 2.79. The fourth-order valence-corrected chi connectivity index (χ4v) is 3.27. The van der Waals surface area contributed by atoms with Crippen LogP contribution in [0.1, 0.15) is 33.2 Å². The average molecular weight is 357 g/mol. The molecule has 7 heteroatoms. The maximum atomic E-state index is 12.0. The summed E-state index contributed by atoms with van der Waals surface area (Å²) in [6, 6.07) is 8.59. The fourth-order valence-electron chi connectivity index (χ4n) is 1.81. The van der Waals surface area contributed by atoms with Gasteiger partial charge in [-0.15, -0.1) is 11.3 Å². The van der Waals surface area contributed by atoms with Gasteiger partial charge in [-0.1, -0.05) is 35.3 Å². The lowest BCUT2D eigenvalue weighted by Gasteiger charge is -2.06. The Labute approximate surface area is 142 Å². The Hall–Kier alpha value is -1.56. The van der Waals surface area contributed by atoms with Crippen molar-refractivity contribution in [3.63, 3.8) is 0 Å². The zero-order chi connectivity index (χ0) is 16.1. The molecule has 0 aliphatic carbocycles. The Morgan fingerprint density at radius 2 is 1.77 bits per heavy atom. The second kappa shape index (κ2) is 7.63. The number of benzene rings is 1. The van der Waals surface area contributed by atoms with Gasteiger partial charge in [0.15, 0.2) is 0 Å². The van der Waals surface area contributed by atoms with Gasteiger partial charge in [0, 0.05) is 18.7 Å². The number of amides is 2. The Bertz CT molecular complexity index is 683. The monoisotopic (exact) mass is 356 g/mol. The molecule has 2 N–H and O–H groups in total. The summed E-state index contributed by atoms with van der Waals surface area (Å²) in [5.74, 6) is -0.390. The van der Waals surface area contributed by atoms with Crippen LogP contribution in [-0.2, 0) is 6.54 Å². The second-order valence-electron chi connectivity index (χ2n) is 4.48. The van der Waals surface area contributed by atoms with Crippen LogP contribution in [0.15, 0.2) is 30.3 Å². The number of hydrogen-bond donors (Lipinski definition) is 2. The topological polar surface area (TPSA) is 58.2 Å². The van der Waals surface area contributed by atoms with Gasteiger partial charge < -0.3 is 10.6 Å². The Morgan fingerprint density at radius 3 is 2.32 bits per heavy atom. The number of rotatable bonds is 5. The van der Waals surface area contributed by atoms with E-state index in [4.69, 9.17) is 23.2 Å². The summed E-state index contributed by atoms with van der Waals surface area (Å²) in [5, 5.41) is 5.49. The molecule has 0 radical (unpaired) electrons. The molecule has 22 heavy (non-hydrogen) atoms. The molecule has 1 heterocycles. The van der Waals surface area contributed by atoms with E-state index in [2.05, 4.69) is 10.6 Å². The first-order valence-electron chi connectivity index (χ1n) is 6.61. The van der Waals surface area contributed by atoms with Crippen molar-refractivity contribution in [1.29, 1.82) is 0 Å². The summed E-state index contributed by atoms with van der Waals surface area (Å²) in [7, 11) is 0. The molecule has 0 bridgehead atoms. The maximum absolute atomic E-state index is 12.0. The van der Waals surface area contributed by atoms with E-state index in [1.54, 1.807) is 30.3 Å². The van der Waals surface area contributed by atoms with Crippen molar-refractivity contribution in [3.8, 4) is 0 Å². The number of carbonyl (C=O) groups is 2. The van der Waals surface area contributed by atoms with Crippen molar-refractivity contribution in [1.82, 2.24) is 10.6 Å². The molecule has 0 spiro atoms. The van der Waals surface area contributed by atoms with Gasteiger partial charge >= 0.3 is 0 Å². The molecular weight excluding hydrogens is 343 g/mol. The first-order valence-corrected chi connectivity index (χ1v) is 8.18. The number of thiophene rings is 1. The van der Waals surface area contributed by atoms with E-state index in [1.165, 1.54) is 0 Å². The maximum Gasteiger partial charge on any atom is 0.253 e. The SMILES string of the molecule is CCNC(=O)c1ccc(CNC(=O)c2cc(Cl)sc2Cl)cc1. The van der Waals surface area contributed by atoms with Gasteiger partial charge in [-0.25, -0.2) is 0 Å². The van der Waals surface area contributed by atoms with Crippen LogP contribution >= 0.6 is 34.5 Å². The molecule has 0 saturated carbocycles. The fraction of sp³-hybridized carbons (Fsp3) is 0.200. The highest BCUT2D eigenvalue weighted by molar-refractivity contribution is 7.20. The van der Waals surface area contributed by atoms with E-state index in [-0.39, 0.29) is 11.8 Å². The number of carbonyl (C=O) groups excluding carboxylic acids is 2. The first-order chi connectivity index (χ1) is 10.5. The van der Waals surface area contributed by atoms with E-state index in [9.17, 15) is 9.59 Å². The van der Waals surface area contributed by atoms with Gasteiger partial charge in [0.05, 0.1) is 9.90 Å². The normalized spacial score (nSPS) is 10.3. The molecule has 2 aromatic rings. The third-order valence-corrected chi connectivity index (χ3v) is 4.40. The third kappa shape index (κ3) is 4.22. The van der Waals surface area contributed by atoms with E-state index in [0.29, 0.717) is 32.9 Å². The van der Waals surface area contributed by atoms with Gasteiger partial charge in [0.2, 0.25) is 0 Å². The van der Waals surface area contributed by atoms with Gasteiger partial charge in [-0.2, -0.15) is 0 Å². The third-order valence-electron chi connectivity index (χ3n) is 2.91. The lowest BCUT2D eigenvalue weighted by atomic mass is 10.1. The van der Waals surface area contributed by atoms with Crippen LogP contribution < -0.4 is 10.6 Å². The first kappa shape index (κ1) is 16.8. The highest BCUT2D eigenvalue weighted by Crippen LogP contribution is 2.30. The standard InChI is InChI=1S/C15H14Cl2N2O2S/c1-2-18-14(20)10-5-3-9(4-6-10)8-19-15(21)11-7-12(16)22-13(11)17/h3-7H,2,8H2,1H3,(H,18,20)(H,19,21). The van der Waals surface area contributed by atoms with Crippen molar-refractivity contribution >= 4 is 46.4 Å². The predicted octanol–water partition coefficient (Wildman–Crippen LogP) is 3.73. The van der Waals surface area contributed by atoms with E-state index in [0.717, 1.165) is 16.9 Å². The summed E-state index contributed by atoms with van der Waals surface area (Å²) in [4.78, 5) is 23.6. The summed E-state index contributed by atoms with van der Waals surface area (Å²) >= 11 is 12.9. The zero-order valence-electron chi connectivity index (χ0n) is 11.8. The van der Waals surface area contributed by atoms with Crippen LogP contribution in [0.3, 0.4) is 0 Å². The van der Waals surface area contributed by atoms with Crippen molar-refractivity contribution in [3.05, 3.63) is 55.7 Å². The summed E-state index contributed by atoms with van der Waals surface area (Å²) in [6.07, 6.45) is 0. The van der Waals surface area contributed by atoms with Gasteiger partial charge in [-0.05, 0) is 30.7 Å². The Morgan fingerprint density at radius 1 is 1.09 bits per heavy atom. The van der Waals surface area contributed by atoms with Gasteiger partial charge in [0.1, 0.15) is 4.34 Å². The predicted molar refractivity (Wildman–Crippen MR) is 90.0 cm³/mol.